The molecular formula is C17H22N6O2. The maximum Gasteiger partial charge on any atom is 0.278 e. The number of carbonyl (C=O) groups is 1. The summed E-state index contributed by atoms with van der Waals surface area (Å²) in [5.74, 6) is 0.335. The molecule has 132 valence electrons. The molecule has 8 nitrogen and oxygen atoms in total. The summed E-state index contributed by atoms with van der Waals surface area (Å²) in [7, 11) is 1.58. The van der Waals surface area contributed by atoms with Crippen LogP contribution in [0.4, 0.5) is 17.2 Å². The van der Waals surface area contributed by atoms with Crippen molar-refractivity contribution in [2.75, 3.05) is 36.1 Å². The standard InChI is InChI=1S/C17H22N6O2/c1-25-12-2-3-14(23-8-4-11(18)5-9-23)13(10-12)22-17(24)15-16(19)21-7-6-20-15/h2-3,6-7,10-11H,4-5,8-9,18H2,1H3,(H2,19,21)(H,22,24). The molecule has 8 heteroatoms. The lowest BCUT2D eigenvalue weighted by atomic mass is 10.0. The quantitative estimate of drug-likeness (QED) is 0.765. The Labute approximate surface area is 146 Å². The number of hydrogen-bond acceptors (Lipinski definition) is 7. The summed E-state index contributed by atoms with van der Waals surface area (Å²) in [6, 6.07) is 5.82. The third-order valence-electron chi connectivity index (χ3n) is 4.27. The average Bonchev–Trinajstić information content (AvgIpc) is 2.63. The van der Waals surface area contributed by atoms with Gasteiger partial charge in [0.15, 0.2) is 11.5 Å². The van der Waals surface area contributed by atoms with E-state index in [1.165, 1.54) is 12.4 Å². The molecule has 1 aromatic heterocycles. The van der Waals surface area contributed by atoms with Crippen molar-refractivity contribution >= 4 is 23.1 Å². The molecule has 2 heterocycles. The van der Waals surface area contributed by atoms with Gasteiger partial charge in [0.1, 0.15) is 5.75 Å². The molecule has 1 aliphatic heterocycles. The lowest BCUT2D eigenvalue weighted by Crippen LogP contribution is -2.40. The molecule has 1 aromatic carbocycles. The van der Waals surface area contributed by atoms with Gasteiger partial charge in [-0.25, -0.2) is 9.97 Å². The Hall–Kier alpha value is -2.87. The predicted molar refractivity (Wildman–Crippen MR) is 96.8 cm³/mol. The van der Waals surface area contributed by atoms with E-state index in [0.29, 0.717) is 11.4 Å². The predicted octanol–water partition coefficient (Wildman–Crippen LogP) is 1.25. The summed E-state index contributed by atoms with van der Waals surface area (Å²) in [4.78, 5) is 22.7. The van der Waals surface area contributed by atoms with Gasteiger partial charge in [0.05, 0.1) is 18.5 Å². The number of nitrogen functional groups attached to an aromatic ring is 1. The van der Waals surface area contributed by atoms with Crippen LogP contribution >= 0.6 is 0 Å². The highest BCUT2D eigenvalue weighted by atomic mass is 16.5. The fourth-order valence-corrected chi connectivity index (χ4v) is 2.86. The first-order valence-electron chi connectivity index (χ1n) is 8.15. The Morgan fingerprint density at radius 3 is 2.68 bits per heavy atom. The van der Waals surface area contributed by atoms with Crippen LogP contribution in [0.15, 0.2) is 30.6 Å². The van der Waals surface area contributed by atoms with Crippen LogP contribution in [0.3, 0.4) is 0 Å². The molecule has 1 amide bonds. The molecule has 0 unspecified atom stereocenters. The fraction of sp³-hybridized carbons (Fsp3) is 0.353. The first-order valence-corrected chi connectivity index (χ1v) is 8.15. The molecule has 0 radical (unpaired) electrons. The van der Waals surface area contributed by atoms with Crippen LogP contribution in [0, 0.1) is 0 Å². The number of methoxy groups -OCH3 is 1. The summed E-state index contributed by atoms with van der Waals surface area (Å²) in [6.07, 6.45) is 4.71. The Bertz CT molecular complexity index is 759. The number of amides is 1. The van der Waals surface area contributed by atoms with Crippen LogP contribution in [0.5, 0.6) is 5.75 Å². The summed E-state index contributed by atoms with van der Waals surface area (Å²) in [5, 5.41) is 2.88. The van der Waals surface area contributed by atoms with Crippen LogP contribution in [0.2, 0.25) is 0 Å². The number of piperidine rings is 1. The van der Waals surface area contributed by atoms with E-state index < -0.39 is 5.91 Å². The Morgan fingerprint density at radius 1 is 1.28 bits per heavy atom. The molecule has 0 atom stereocenters. The Balaban J connectivity index is 1.88. The number of nitrogens with one attached hydrogen (secondary N) is 1. The number of benzene rings is 1. The minimum atomic E-state index is -0.409. The third-order valence-corrected chi connectivity index (χ3v) is 4.27. The van der Waals surface area contributed by atoms with Crippen molar-refractivity contribution in [3.63, 3.8) is 0 Å². The highest BCUT2D eigenvalue weighted by Crippen LogP contribution is 2.32. The van der Waals surface area contributed by atoms with Gasteiger partial charge in [0.2, 0.25) is 0 Å². The van der Waals surface area contributed by atoms with E-state index in [1.807, 2.05) is 12.1 Å². The van der Waals surface area contributed by atoms with Gasteiger partial charge in [0.25, 0.3) is 5.91 Å². The normalized spacial score (nSPS) is 15.0. The van der Waals surface area contributed by atoms with Crippen LogP contribution in [-0.2, 0) is 0 Å². The van der Waals surface area contributed by atoms with Gasteiger partial charge >= 0.3 is 0 Å². The first-order chi connectivity index (χ1) is 12.1. The summed E-state index contributed by atoms with van der Waals surface area (Å²) in [6.45, 7) is 1.67. The molecule has 1 saturated heterocycles. The zero-order chi connectivity index (χ0) is 17.8. The first kappa shape index (κ1) is 17.0. The Kier molecular flexibility index (Phi) is 4.99. The van der Waals surface area contributed by atoms with Gasteiger partial charge in [-0.1, -0.05) is 0 Å². The van der Waals surface area contributed by atoms with Crippen LogP contribution in [-0.4, -0.2) is 42.1 Å². The maximum atomic E-state index is 12.5. The van der Waals surface area contributed by atoms with Gasteiger partial charge in [-0.05, 0) is 25.0 Å². The smallest absolute Gasteiger partial charge is 0.278 e. The monoisotopic (exact) mass is 342 g/mol. The van der Waals surface area contributed by atoms with Gasteiger partial charge < -0.3 is 26.4 Å². The molecule has 0 bridgehead atoms. The van der Waals surface area contributed by atoms with E-state index in [2.05, 4.69) is 20.2 Å². The molecule has 0 saturated carbocycles. The number of ether oxygens (including phenoxy) is 1. The summed E-state index contributed by atoms with van der Waals surface area (Å²) >= 11 is 0. The number of anilines is 3. The van der Waals surface area contributed by atoms with Gasteiger partial charge in [-0.15, -0.1) is 0 Å². The second-order valence-electron chi connectivity index (χ2n) is 5.95. The molecule has 25 heavy (non-hydrogen) atoms. The number of hydrogen-bond donors (Lipinski definition) is 3. The molecule has 3 rings (SSSR count). The van der Waals surface area contributed by atoms with Gasteiger partial charge in [0, 0.05) is 37.6 Å². The summed E-state index contributed by atoms with van der Waals surface area (Å²) < 4.78 is 5.28. The third kappa shape index (κ3) is 3.80. The van der Waals surface area contributed by atoms with E-state index in [-0.39, 0.29) is 17.6 Å². The van der Waals surface area contributed by atoms with E-state index >= 15 is 0 Å². The molecule has 1 aliphatic rings. The highest BCUT2D eigenvalue weighted by Gasteiger charge is 2.21. The molecule has 5 N–H and O–H groups in total. The lowest BCUT2D eigenvalue weighted by Gasteiger charge is -2.33. The van der Waals surface area contributed by atoms with Crippen molar-refractivity contribution < 1.29 is 9.53 Å². The second-order valence-corrected chi connectivity index (χ2v) is 5.95. The van der Waals surface area contributed by atoms with Crippen molar-refractivity contribution in [1.29, 1.82) is 0 Å². The van der Waals surface area contributed by atoms with Gasteiger partial charge in [-0.3, -0.25) is 4.79 Å². The van der Waals surface area contributed by atoms with Crippen molar-refractivity contribution in [3.05, 3.63) is 36.3 Å². The zero-order valence-corrected chi connectivity index (χ0v) is 14.1. The van der Waals surface area contributed by atoms with E-state index in [4.69, 9.17) is 16.2 Å². The number of nitrogens with two attached hydrogens (primary N) is 2. The second kappa shape index (κ2) is 7.35. The number of nitrogens with zero attached hydrogens (tertiary/aromatic N) is 3. The topological polar surface area (TPSA) is 119 Å². The largest absolute Gasteiger partial charge is 0.497 e. The summed E-state index contributed by atoms with van der Waals surface area (Å²) in [5.41, 5.74) is 13.4. The average molecular weight is 342 g/mol. The van der Waals surface area contributed by atoms with Crippen molar-refractivity contribution in [1.82, 2.24) is 9.97 Å². The minimum Gasteiger partial charge on any atom is -0.497 e. The van der Waals surface area contributed by atoms with Crippen molar-refractivity contribution in [2.24, 2.45) is 5.73 Å². The van der Waals surface area contributed by atoms with Crippen molar-refractivity contribution in [3.8, 4) is 5.75 Å². The van der Waals surface area contributed by atoms with Crippen molar-refractivity contribution in [2.45, 2.75) is 18.9 Å². The van der Waals surface area contributed by atoms with Crippen LogP contribution in [0.25, 0.3) is 0 Å². The maximum absolute atomic E-state index is 12.5. The number of rotatable bonds is 4. The molecule has 2 aromatic rings. The van der Waals surface area contributed by atoms with Gasteiger partial charge in [-0.2, -0.15) is 0 Å². The molecule has 0 aliphatic carbocycles. The van der Waals surface area contributed by atoms with E-state index in [1.54, 1.807) is 13.2 Å². The minimum absolute atomic E-state index is 0.0911. The van der Waals surface area contributed by atoms with E-state index in [9.17, 15) is 4.79 Å². The number of carbonyl (C=O) groups excluding carboxylic acids is 1. The van der Waals surface area contributed by atoms with E-state index in [0.717, 1.165) is 31.6 Å². The zero-order valence-electron chi connectivity index (χ0n) is 14.1. The highest BCUT2D eigenvalue weighted by molar-refractivity contribution is 6.07. The molecule has 1 fully saturated rings. The van der Waals surface area contributed by atoms with Crippen LogP contribution in [0.1, 0.15) is 23.3 Å². The van der Waals surface area contributed by atoms with Crippen LogP contribution < -0.4 is 26.4 Å². The molecular weight excluding hydrogens is 320 g/mol. The molecule has 0 spiro atoms. The fourth-order valence-electron chi connectivity index (χ4n) is 2.86. The number of aromatic nitrogens is 2. The lowest BCUT2D eigenvalue weighted by molar-refractivity contribution is 0.102. The Morgan fingerprint density at radius 2 is 2.00 bits per heavy atom. The SMILES string of the molecule is COc1ccc(N2CCC(N)CC2)c(NC(=O)c2nccnc2N)c1.